The Balaban J connectivity index is 1.67. The maximum absolute atomic E-state index is 12.7. The minimum Gasteiger partial charge on any atom is -0.383 e. The van der Waals surface area contributed by atoms with E-state index in [1.807, 2.05) is 24.0 Å². The Hall–Kier alpha value is -0.950. The van der Waals surface area contributed by atoms with Crippen LogP contribution in [-0.4, -0.2) is 74.4 Å². The maximum atomic E-state index is 12.7. The van der Waals surface area contributed by atoms with Crippen molar-refractivity contribution in [3.05, 3.63) is 21.9 Å². The highest BCUT2D eigenvalue weighted by Crippen LogP contribution is 2.25. The Morgan fingerprint density at radius 2 is 2.32 bits per heavy atom. The van der Waals surface area contributed by atoms with Gasteiger partial charge in [0.05, 0.1) is 30.2 Å². The second kappa shape index (κ2) is 7.08. The average Bonchev–Trinajstić information content (AvgIpc) is 2.98. The topological polar surface area (TPSA) is 42.0 Å². The lowest BCUT2D eigenvalue weighted by atomic mass is 9.98. The number of likely N-dealkylation sites (tertiary alicyclic amines) is 1. The molecule has 2 saturated heterocycles. The summed E-state index contributed by atoms with van der Waals surface area (Å²) in [5, 5.41) is 0. The molecule has 5 nitrogen and oxygen atoms in total. The van der Waals surface area contributed by atoms with E-state index in [1.165, 1.54) is 4.88 Å². The van der Waals surface area contributed by atoms with Gasteiger partial charge in [-0.05, 0) is 25.5 Å². The molecule has 0 N–H and O–H groups in total. The summed E-state index contributed by atoms with van der Waals surface area (Å²) in [6, 6.07) is 4.25. The van der Waals surface area contributed by atoms with Crippen LogP contribution >= 0.6 is 11.3 Å². The summed E-state index contributed by atoms with van der Waals surface area (Å²) in [4.78, 5) is 19.1. The fraction of sp³-hybridized carbons (Fsp3) is 0.688. The molecule has 3 rings (SSSR count). The zero-order valence-corrected chi connectivity index (χ0v) is 14.1. The highest BCUT2D eigenvalue weighted by atomic mass is 32.1. The van der Waals surface area contributed by atoms with Gasteiger partial charge in [0, 0.05) is 38.2 Å². The third-order valence-electron chi connectivity index (χ3n) is 4.52. The van der Waals surface area contributed by atoms with Gasteiger partial charge < -0.3 is 14.4 Å². The number of morpholine rings is 1. The molecule has 2 atom stereocenters. The van der Waals surface area contributed by atoms with Gasteiger partial charge in [-0.25, -0.2) is 0 Å². The number of carbonyl (C=O) groups excluding carboxylic acids is 1. The van der Waals surface area contributed by atoms with Crippen LogP contribution in [0.4, 0.5) is 0 Å². The number of nitrogens with zero attached hydrogens (tertiary/aromatic N) is 2. The molecule has 0 radical (unpaired) electrons. The van der Waals surface area contributed by atoms with Crippen LogP contribution in [0.1, 0.15) is 21.0 Å². The fourth-order valence-corrected chi connectivity index (χ4v) is 4.15. The van der Waals surface area contributed by atoms with Gasteiger partial charge in [0.25, 0.3) is 5.91 Å². The van der Waals surface area contributed by atoms with Crippen molar-refractivity contribution in [1.82, 2.24) is 9.80 Å². The molecule has 1 amide bonds. The van der Waals surface area contributed by atoms with Gasteiger partial charge in [0.1, 0.15) is 0 Å². The smallest absolute Gasteiger partial charge is 0.263 e. The van der Waals surface area contributed by atoms with Crippen LogP contribution in [0, 0.1) is 6.92 Å². The number of hydrogen-bond donors (Lipinski definition) is 0. The molecule has 0 aromatic carbocycles. The molecular weight excluding hydrogens is 300 g/mol. The van der Waals surface area contributed by atoms with Crippen LogP contribution in [0.2, 0.25) is 0 Å². The van der Waals surface area contributed by atoms with E-state index < -0.39 is 0 Å². The van der Waals surface area contributed by atoms with E-state index in [2.05, 4.69) is 4.90 Å². The molecule has 1 aromatic rings. The molecule has 2 aliphatic rings. The van der Waals surface area contributed by atoms with Crippen molar-refractivity contribution in [2.24, 2.45) is 0 Å². The number of piperidine rings is 1. The van der Waals surface area contributed by atoms with Gasteiger partial charge in [-0.3, -0.25) is 9.69 Å². The molecule has 0 saturated carbocycles. The fourth-order valence-electron chi connectivity index (χ4n) is 3.32. The van der Waals surface area contributed by atoms with Crippen LogP contribution in [0.25, 0.3) is 0 Å². The van der Waals surface area contributed by atoms with Gasteiger partial charge in [-0.1, -0.05) is 0 Å². The normalized spacial score (nSPS) is 26.0. The molecule has 1 aromatic heterocycles. The van der Waals surface area contributed by atoms with Gasteiger partial charge in [-0.15, -0.1) is 11.3 Å². The quantitative estimate of drug-likeness (QED) is 0.844. The number of carbonyl (C=O) groups is 1. The molecular formula is C16H24N2O3S. The van der Waals surface area contributed by atoms with Crippen LogP contribution in [0.15, 0.2) is 12.1 Å². The monoisotopic (exact) mass is 324 g/mol. The third kappa shape index (κ3) is 3.35. The van der Waals surface area contributed by atoms with Crippen molar-refractivity contribution < 1.29 is 14.3 Å². The lowest BCUT2D eigenvalue weighted by Gasteiger charge is -2.47. The molecule has 0 unspecified atom stereocenters. The van der Waals surface area contributed by atoms with Gasteiger partial charge >= 0.3 is 0 Å². The van der Waals surface area contributed by atoms with Gasteiger partial charge in [0.2, 0.25) is 0 Å². The molecule has 0 bridgehead atoms. The molecule has 6 heteroatoms. The largest absolute Gasteiger partial charge is 0.383 e. The first-order chi connectivity index (χ1) is 10.7. The number of thiophene rings is 1. The Morgan fingerprint density at radius 3 is 3.05 bits per heavy atom. The van der Waals surface area contributed by atoms with Crippen LogP contribution in [0.5, 0.6) is 0 Å². The van der Waals surface area contributed by atoms with Gasteiger partial charge in [-0.2, -0.15) is 0 Å². The second-order valence-corrected chi connectivity index (χ2v) is 7.24. The minimum absolute atomic E-state index is 0.161. The van der Waals surface area contributed by atoms with E-state index in [9.17, 15) is 4.79 Å². The summed E-state index contributed by atoms with van der Waals surface area (Å²) < 4.78 is 11.1. The Morgan fingerprint density at radius 1 is 1.45 bits per heavy atom. The van der Waals surface area contributed by atoms with E-state index in [4.69, 9.17) is 9.47 Å². The molecule has 0 spiro atoms. The van der Waals surface area contributed by atoms with Crippen LogP contribution in [0.3, 0.4) is 0 Å². The Kier molecular flexibility index (Phi) is 5.13. The lowest BCUT2D eigenvalue weighted by Crippen LogP contribution is -2.61. The number of rotatable bonds is 4. The third-order valence-corrected chi connectivity index (χ3v) is 5.51. The first-order valence-corrected chi connectivity index (χ1v) is 8.71. The van der Waals surface area contributed by atoms with Crippen molar-refractivity contribution in [3.8, 4) is 0 Å². The number of methoxy groups -OCH3 is 1. The summed E-state index contributed by atoms with van der Waals surface area (Å²) in [7, 11) is 1.73. The molecule has 2 fully saturated rings. The standard InChI is InChI=1S/C16H24N2O3S/c1-12-3-4-15(22-12)16(19)18-6-5-14-13(11-18)17(7-9-20-2)8-10-21-14/h3-4,13-14H,5-11H2,1-2H3/t13-,14-/m0/s1. The molecule has 22 heavy (non-hydrogen) atoms. The van der Waals surface area contributed by atoms with E-state index >= 15 is 0 Å². The maximum Gasteiger partial charge on any atom is 0.263 e. The predicted molar refractivity (Wildman–Crippen MR) is 86.6 cm³/mol. The molecule has 3 heterocycles. The second-order valence-electron chi connectivity index (χ2n) is 5.96. The lowest BCUT2D eigenvalue weighted by molar-refractivity contribution is -0.101. The van der Waals surface area contributed by atoms with Crippen molar-refractivity contribution in [2.75, 3.05) is 46.5 Å². The van der Waals surface area contributed by atoms with E-state index in [1.54, 1.807) is 18.4 Å². The summed E-state index contributed by atoms with van der Waals surface area (Å²) >= 11 is 1.58. The van der Waals surface area contributed by atoms with E-state index in [-0.39, 0.29) is 12.0 Å². The predicted octanol–water partition coefficient (Wildman–Crippen LogP) is 1.62. The first kappa shape index (κ1) is 15.9. The zero-order chi connectivity index (χ0) is 15.5. The SMILES string of the molecule is COCCN1CCO[C@H]2CCN(C(=O)c3ccc(C)s3)C[C@@H]21. The van der Waals surface area contributed by atoms with Gasteiger partial charge in [0.15, 0.2) is 0 Å². The van der Waals surface area contributed by atoms with Crippen molar-refractivity contribution in [2.45, 2.75) is 25.5 Å². The van der Waals surface area contributed by atoms with Crippen LogP contribution < -0.4 is 0 Å². The molecule has 2 aliphatic heterocycles. The zero-order valence-electron chi connectivity index (χ0n) is 13.3. The number of amides is 1. The Bertz CT molecular complexity index is 519. The number of ether oxygens (including phenoxy) is 2. The minimum atomic E-state index is 0.161. The number of fused-ring (bicyclic) bond motifs is 1. The van der Waals surface area contributed by atoms with Crippen molar-refractivity contribution >= 4 is 17.2 Å². The molecule has 0 aliphatic carbocycles. The summed E-state index contributed by atoms with van der Waals surface area (Å²) in [5.74, 6) is 0.161. The molecule has 122 valence electrons. The van der Waals surface area contributed by atoms with Crippen molar-refractivity contribution in [3.63, 3.8) is 0 Å². The summed E-state index contributed by atoms with van der Waals surface area (Å²) in [5.41, 5.74) is 0. The summed E-state index contributed by atoms with van der Waals surface area (Å²) in [6.07, 6.45) is 1.17. The average molecular weight is 324 g/mol. The number of hydrogen-bond acceptors (Lipinski definition) is 5. The van der Waals surface area contributed by atoms with Crippen LogP contribution in [-0.2, 0) is 9.47 Å². The van der Waals surface area contributed by atoms with E-state index in [0.717, 1.165) is 50.7 Å². The van der Waals surface area contributed by atoms with E-state index in [0.29, 0.717) is 6.04 Å². The summed E-state index contributed by atoms with van der Waals surface area (Å²) in [6.45, 7) is 6.91. The number of aryl methyl sites for hydroxylation is 1. The highest BCUT2D eigenvalue weighted by Gasteiger charge is 2.38. The van der Waals surface area contributed by atoms with Crippen molar-refractivity contribution in [1.29, 1.82) is 0 Å². The Labute approximate surface area is 135 Å². The first-order valence-electron chi connectivity index (χ1n) is 7.89. The highest BCUT2D eigenvalue weighted by molar-refractivity contribution is 7.13.